The molecule has 1 aromatic heterocycles. The number of furan rings is 1. The average Bonchev–Trinajstić information content (AvgIpc) is 3.40. The van der Waals surface area contributed by atoms with E-state index in [-0.39, 0.29) is 11.6 Å². The van der Waals surface area contributed by atoms with E-state index >= 15 is 0 Å². The van der Waals surface area contributed by atoms with Gasteiger partial charge in [0, 0.05) is 43.5 Å². The minimum atomic E-state index is -0.409. The summed E-state index contributed by atoms with van der Waals surface area (Å²) in [4.78, 5) is 28.0. The number of carbonyl (C=O) groups excluding carboxylic acids is 1. The zero-order valence-electron chi connectivity index (χ0n) is 19.0. The molecule has 0 saturated carbocycles. The molecule has 1 amide bonds. The molecule has 1 fully saturated rings. The Morgan fingerprint density at radius 1 is 1.06 bits per heavy atom. The quantitative estimate of drug-likeness (QED) is 0.395. The Bertz CT molecular complexity index is 1160. The Balaban J connectivity index is 1.43. The van der Waals surface area contributed by atoms with E-state index in [1.54, 1.807) is 60.7 Å². The number of rotatable bonds is 8. The number of benzene rings is 2. The van der Waals surface area contributed by atoms with Gasteiger partial charge in [0.2, 0.25) is 0 Å². The van der Waals surface area contributed by atoms with Gasteiger partial charge in [0.05, 0.1) is 32.0 Å². The van der Waals surface area contributed by atoms with E-state index in [9.17, 15) is 14.9 Å². The number of amides is 1. The van der Waals surface area contributed by atoms with Gasteiger partial charge in [0.1, 0.15) is 11.4 Å². The maximum absolute atomic E-state index is 13.0. The smallest absolute Gasteiger partial charge is 0.292 e. The predicted octanol–water partition coefficient (Wildman–Crippen LogP) is 3.78. The van der Waals surface area contributed by atoms with Crippen molar-refractivity contribution in [1.29, 1.82) is 0 Å². The molecule has 4 rings (SSSR count). The second-order valence-corrected chi connectivity index (χ2v) is 7.74. The van der Waals surface area contributed by atoms with Crippen LogP contribution in [0.5, 0.6) is 11.5 Å². The SMILES string of the molecule is COc1ccc(C(=O)N2CCN(c3ccc([N+](=O)[O-])c(NCc4ccco4)c3)CC2)cc1OC. The van der Waals surface area contributed by atoms with Gasteiger partial charge in [-0.2, -0.15) is 0 Å². The highest BCUT2D eigenvalue weighted by atomic mass is 16.6. The first-order valence-electron chi connectivity index (χ1n) is 10.8. The Morgan fingerprint density at radius 2 is 1.82 bits per heavy atom. The molecule has 1 aliphatic heterocycles. The molecule has 0 aliphatic carbocycles. The maximum atomic E-state index is 13.0. The van der Waals surface area contributed by atoms with Crippen molar-refractivity contribution in [1.82, 2.24) is 4.90 Å². The van der Waals surface area contributed by atoms with Crippen molar-refractivity contribution in [3.63, 3.8) is 0 Å². The van der Waals surface area contributed by atoms with Crippen LogP contribution in [-0.2, 0) is 6.54 Å². The van der Waals surface area contributed by atoms with Crippen LogP contribution in [0.1, 0.15) is 16.1 Å². The zero-order chi connectivity index (χ0) is 24.1. The first-order chi connectivity index (χ1) is 16.5. The summed E-state index contributed by atoms with van der Waals surface area (Å²) in [6, 6.07) is 13.7. The van der Waals surface area contributed by atoms with Crippen molar-refractivity contribution >= 4 is 23.0 Å². The highest BCUT2D eigenvalue weighted by Crippen LogP contribution is 2.31. The molecular weight excluding hydrogens is 440 g/mol. The van der Waals surface area contributed by atoms with Crippen molar-refractivity contribution in [2.75, 3.05) is 50.6 Å². The Kier molecular flexibility index (Phi) is 6.86. The van der Waals surface area contributed by atoms with E-state index in [1.807, 2.05) is 0 Å². The van der Waals surface area contributed by atoms with Crippen LogP contribution in [0.3, 0.4) is 0 Å². The number of nitrogens with zero attached hydrogens (tertiary/aromatic N) is 3. The zero-order valence-corrected chi connectivity index (χ0v) is 19.0. The normalized spacial score (nSPS) is 13.5. The molecule has 10 heteroatoms. The summed E-state index contributed by atoms with van der Waals surface area (Å²) < 4.78 is 15.9. The fourth-order valence-electron chi connectivity index (χ4n) is 3.94. The van der Waals surface area contributed by atoms with Crippen LogP contribution in [0.25, 0.3) is 0 Å². The van der Waals surface area contributed by atoms with Crippen LogP contribution < -0.4 is 19.7 Å². The molecule has 0 unspecified atom stereocenters. The number of nitro benzene ring substituents is 1. The van der Waals surface area contributed by atoms with Gasteiger partial charge in [-0.05, 0) is 42.5 Å². The second-order valence-electron chi connectivity index (χ2n) is 7.74. The molecule has 10 nitrogen and oxygen atoms in total. The van der Waals surface area contributed by atoms with Crippen LogP contribution in [0.4, 0.5) is 17.1 Å². The van der Waals surface area contributed by atoms with Crippen LogP contribution >= 0.6 is 0 Å². The third-order valence-electron chi connectivity index (χ3n) is 5.77. The van der Waals surface area contributed by atoms with E-state index < -0.39 is 4.92 Å². The van der Waals surface area contributed by atoms with Crippen LogP contribution in [0.2, 0.25) is 0 Å². The number of hydrogen-bond acceptors (Lipinski definition) is 8. The highest BCUT2D eigenvalue weighted by molar-refractivity contribution is 5.95. The topological polar surface area (TPSA) is 110 Å². The number of piperazine rings is 1. The van der Waals surface area contributed by atoms with Crippen molar-refractivity contribution < 1.29 is 23.6 Å². The van der Waals surface area contributed by atoms with Crippen molar-refractivity contribution in [3.05, 3.63) is 76.2 Å². The molecular formula is C24H26N4O6. The lowest BCUT2D eigenvalue weighted by molar-refractivity contribution is -0.384. The van der Waals surface area contributed by atoms with E-state index in [0.29, 0.717) is 61.2 Å². The van der Waals surface area contributed by atoms with Gasteiger partial charge in [0.15, 0.2) is 11.5 Å². The van der Waals surface area contributed by atoms with E-state index in [0.717, 1.165) is 5.69 Å². The van der Waals surface area contributed by atoms with Gasteiger partial charge >= 0.3 is 0 Å². The Hall–Kier alpha value is -4.21. The molecule has 178 valence electrons. The summed E-state index contributed by atoms with van der Waals surface area (Å²) in [6.45, 7) is 2.60. The number of nitrogens with one attached hydrogen (secondary N) is 1. The number of hydrogen-bond donors (Lipinski definition) is 1. The van der Waals surface area contributed by atoms with Gasteiger partial charge in [0.25, 0.3) is 11.6 Å². The third kappa shape index (κ3) is 4.90. The third-order valence-corrected chi connectivity index (χ3v) is 5.77. The molecule has 0 radical (unpaired) electrons. The summed E-state index contributed by atoms with van der Waals surface area (Å²) in [5.74, 6) is 1.68. The summed E-state index contributed by atoms with van der Waals surface area (Å²) in [5, 5.41) is 14.6. The van der Waals surface area contributed by atoms with Gasteiger partial charge in [-0.1, -0.05) is 0 Å². The molecule has 0 bridgehead atoms. The van der Waals surface area contributed by atoms with Crippen molar-refractivity contribution in [3.8, 4) is 11.5 Å². The van der Waals surface area contributed by atoms with E-state index in [2.05, 4.69) is 10.2 Å². The highest BCUT2D eigenvalue weighted by Gasteiger charge is 2.24. The van der Waals surface area contributed by atoms with E-state index in [4.69, 9.17) is 13.9 Å². The molecule has 2 aromatic carbocycles. The molecule has 1 aliphatic rings. The number of anilines is 2. The van der Waals surface area contributed by atoms with Gasteiger partial charge in [-0.25, -0.2) is 0 Å². The van der Waals surface area contributed by atoms with Gasteiger partial charge in [-0.15, -0.1) is 0 Å². The lowest BCUT2D eigenvalue weighted by atomic mass is 10.1. The number of nitro groups is 1. The molecule has 1 N–H and O–H groups in total. The first-order valence-corrected chi connectivity index (χ1v) is 10.8. The fraction of sp³-hybridized carbons (Fsp3) is 0.292. The minimum Gasteiger partial charge on any atom is -0.493 e. The molecule has 0 spiro atoms. The monoisotopic (exact) mass is 466 g/mol. The van der Waals surface area contributed by atoms with Gasteiger partial charge < -0.3 is 29.0 Å². The van der Waals surface area contributed by atoms with Crippen LogP contribution in [-0.4, -0.2) is 56.1 Å². The largest absolute Gasteiger partial charge is 0.493 e. The first kappa shape index (κ1) is 23.0. The number of ether oxygens (including phenoxy) is 2. The molecule has 0 atom stereocenters. The summed E-state index contributed by atoms with van der Waals surface area (Å²) >= 11 is 0. The standard InChI is InChI=1S/C24H26N4O6/c1-32-22-8-5-17(14-23(22)33-2)24(29)27-11-9-26(10-12-27)18-6-7-21(28(30)31)20(15-18)25-16-19-4-3-13-34-19/h3-8,13-15,25H,9-12,16H2,1-2H3. The van der Waals surface area contributed by atoms with E-state index in [1.165, 1.54) is 13.2 Å². The van der Waals surface area contributed by atoms with Crippen LogP contribution in [0.15, 0.2) is 59.2 Å². The maximum Gasteiger partial charge on any atom is 0.292 e. The Labute approximate surface area is 196 Å². The average molecular weight is 466 g/mol. The lowest BCUT2D eigenvalue weighted by Gasteiger charge is -2.36. The lowest BCUT2D eigenvalue weighted by Crippen LogP contribution is -2.48. The van der Waals surface area contributed by atoms with Crippen molar-refractivity contribution in [2.45, 2.75) is 6.54 Å². The second kappa shape index (κ2) is 10.2. The molecule has 1 saturated heterocycles. The predicted molar refractivity (Wildman–Crippen MR) is 127 cm³/mol. The Morgan fingerprint density at radius 3 is 2.47 bits per heavy atom. The van der Waals surface area contributed by atoms with Gasteiger partial charge in [-0.3, -0.25) is 14.9 Å². The fourth-order valence-corrected chi connectivity index (χ4v) is 3.94. The summed E-state index contributed by atoms with van der Waals surface area (Å²) in [5.41, 5.74) is 1.80. The number of methoxy groups -OCH3 is 2. The van der Waals surface area contributed by atoms with Crippen LogP contribution in [0, 0.1) is 10.1 Å². The molecule has 2 heterocycles. The summed E-state index contributed by atoms with van der Waals surface area (Å²) in [6.07, 6.45) is 1.56. The number of carbonyl (C=O) groups is 1. The summed E-state index contributed by atoms with van der Waals surface area (Å²) in [7, 11) is 3.08. The molecule has 3 aromatic rings. The minimum absolute atomic E-state index is 0.00225. The van der Waals surface area contributed by atoms with Crippen molar-refractivity contribution in [2.24, 2.45) is 0 Å². The molecule has 34 heavy (non-hydrogen) atoms.